The summed E-state index contributed by atoms with van der Waals surface area (Å²) in [6, 6.07) is 8.45. The van der Waals surface area contributed by atoms with Gasteiger partial charge in [0, 0.05) is 23.5 Å². The van der Waals surface area contributed by atoms with Crippen molar-refractivity contribution in [2.24, 2.45) is 5.73 Å². The van der Waals surface area contributed by atoms with E-state index in [-0.39, 0.29) is 11.8 Å². The van der Waals surface area contributed by atoms with Gasteiger partial charge in [0.15, 0.2) is 5.75 Å². The van der Waals surface area contributed by atoms with Crippen LogP contribution in [0.15, 0.2) is 30.3 Å². The Morgan fingerprint density at radius 3 is 2.89 bits per heavy atom. The first-order chi connectivity index (χ1) is 13.0. The number of hydrogen-bond acceptors (Lipinski definition) is 6. The SMILES string of the molecule is COc1cccc(-c2cc(OC(=O)N[C@H]3CCCNC3)c(NC(N)=O)s2)c1. The van der Waals surface area contributed by atoms with Gasteiger partial charge in [-0.1, -0.05) is 12.1 Å². The normalized spacial score (nSPS) is 16.4. The van der Waals surface area contributed by atoms with Gasteiger partial charge in [-0.2, -0.15) is 0 Å². The molecule has 1 saturated heterocycles. The Morgan fingerprint density at radius 1 is 1.33 bits per heavy atom. The van der Waals surface area contributed by atoms with Crippen LogP contribution >= 0.6 is 11.3 Å². The summed E-state index contributed by atoms with van der Waals surface area (Å²) >= 11 is 1.26. The van der Waals surface area contributed by atoms with Crippen molar-refractivity contribution in [3.05, 3.63) is 30.3 Å². The van der Waals surface area contributed by atoms with Crippen LogP contribution in [-0.4, -0.2) is 38.4 Å². The van der Waals surface area contributed by atoms with Crippen molar-refractivity contribution in [2.45, 2.75) is 18.9 Å². The van der Waals surface area contributed by atoms with Crippen LogP contribution in [0.25, 0.3) is 10.4 Å². The molecule has 2 heterocycles. The lowest BCUT2D eigenvalue weighted by molar-refractivity contribution is 0.193. The Hall–Kier alpha value is -2.78. The van der Waals surface area contributed by atoms with Crippen molar-refractivity contribution >= 4 is 28.5 Å². The summed E-state index contributed by atoms with van der Waals surface area (Å²) in [4.78, 5) is 24.4. The fourth-order valence-electron chi connectivity index (χ4n) is 2.84. The van der Waals surface area contributed by atoms with Crippen LogP contribution in [0.2, 0.25) is 0 Å². The van der Waals surface area contributed by atoms with Crippen LogP contribution in [0.5, 0.6) is 11.5 Å². The van der Waals surface area contributed by atoms with E-state index in [4.69, 9.17) is 15.2 Å². The number of carbonyl (C=O) groups excluding carboxylic acids is 2. The number of nitrogens with one attached hydrogen (secondary N) is 3. The molecule has 3 amide bonds. The van der Waals surface area contributed by atoms with E-state index in [9.17, 15) is 9.59 Å². The number of primary amides is 1. The molecule has 0 radical (unpaired) electrons. The highest BCUT2D eigenvalue weighted by molar-refractivity contribution is 7.20. The van der Waals surface area contributed by atoms with Gasteiger partial charge in [0.05, 0.1) is 7.11 Å². The molecule has 144 valence electrons. The zero-order valence-corrected chi connectivity index (χ0v) is 15.7. The molecule has 1 fully saturated rings. The minimum absolute atomic E-state index is 0.0234. The first-order valence-corrected chi connectivity index (χ1v) is 9.40. The lowest BCUT2D eigenvalue weighted by atomic mass is 10.1. The fraction of sp³-hybridized carbons (Fsp3) is 0.333. The number of urea groups is 1. The summed E-state index contributed by atoms with van der Waals surface area (Å²) in [5, 5.41) is 8.94. The molecule has 5 N–H and O–H groups in total. The Balaban J connectivity index is 1.78. The maximum Gasteiger partial charge on any atom is 0.412 e. The highest BCUT2D eigenvalue weighted by Gasteiger charge is 2.20. The second-order valence-corrected chi connectivity index (χ2v) is 7.15. The van der Waals surface area contributed by atoms with Crippen LogP contribution in [0, 0.1) is 0 Å². The number of hydrogen-bond donors (Lipinski definition) is 4. The summed E-state index contributed by atoms with van der Waals surface area (Å²) < 4.78 is 10.7. The molecule has 27 heavy (non-hydrogen) atoms. The maximum absolute atomic E-state index is 12.2. The third-order valence-electron chi connectivity index (χ3n) is 4.11. The first-order valence-electron chi connectivity index (χ1n) is 8.59. The summed E-state index contributed by atoms with van der Waals surface area (Å²) in [7, 11) is 1.59. The Bertz CT molecular complexity index is 817. The number of thiophene rings is 1. The molecule has 2 aromatic rings. The number of nitrogens with two attached hydrogens (primary N) is 1. The van der Waals surface area contributed by atoms with E-state index in [2.05, 4.69) is 16.0 Å². The monoisotopic (exact) mass is 390 g/mol. The summed E-state index contributed by atoms with van der Waals surface area (Å²) in [5.74, 6) is 0.952. The number of amides is 3. The molecule has 0 bridgehead atoms. The minimum Gasteiger partial charge on any atom is -0.497 e. The van der Waals surface area contributed by atoms with Crippen molar-refractivity contribution < 1.29 is 19.1 Å². The lowest BCUT2D eigenvalue weighted by Crippen LogP contribution is -2.46. The zero-order chi connectivity index (χ0) is 19.2. The first kappa shape index (κ1) is 19.0. The number of methoxy groups -OCH3 is 1. The molecule has 8 nitrogen and oxygen atoms in total. The van der Waals surface area contributed by atoms with E-state index in [1.54, 1.807) is 13.2 Å². The van der Waals surface area contributed by atoms with Crippen LogP contribution in [0.3, 0.4) is 0 Å². The van der Waals surface area contributed by atoms with Gasteiger partial charge in [0.1, 0.15) is 10.8 Å². The summed E-state index contributed by atoms with van der Waals surface area (Å²) in [6.07, 6.45) is 1.33. The van der Waals surface area contributed by atoms with Crippen molar-refractivity contribution in [3.63, 3.8) is 0 Å². The molecule has 0 spiro atoms. The molecular weight excluding hydrogens is 368 g/mol. The van der Waals surface area contributed by atoms with Gasteiger partial charge in [-0.15, -0.1) is 11.3 Å². The number of piperidine rings is 1. The lowest BCUT2D eigenvalue weighted by Gasteiger charge is -2.23. The number of rotatable bonds is 5. The third kappa shape index (κ3) is 5.11. The van der Waals surface area contributed by atoms with Crippen LogP contribution in [0.1, 0.15) is 12.8 Å². The molecule has 1 aromatic heterocycles. The number of ether oxygens (including phenoxy) is 2. The van der Waals surface area contributed by atoms with E-state index in [1.807, 2.05) is 24.3 Å². The van der Waals surface area contributed by atoms with Crippen molar-refractivity contribution in [3.8, 4) is 21.9 Å². The number of anilines is 1. The highest BCUT2D eigenvalue weighted by atomic mass is 32.1. The number of benzene rings is 1. The van der Waals surface area contributed by atoms with Gasteiger partial charge >= 0.3 is 12.1 Å². The molecule has 0 unspecified atom stereocenters. The van der Waals surface area contributed by atoms with E-state index in [1.165, 1.54) is 11.3 Å². The van der Waals surface area contributed by atoms with Gasteiger partial charge in [0.2, 0.25) is 0 Å². The van der Waals surface area contributed by atoms with Gasteiger partial charge < -0.3 is 25.8 Å². The molecule has 1 aliphatic rings. The standard InChI is InChI=1S/C18H22N4O4S/c1-25-13-6-2-4-11(8-13)15-9-14(16(27-15)22-17(19)23)26-18(24)21-12-5-3-7-20-10-12/h2,4,6,8-9,12,20H,3,5,7,10H2,1H3,(H,21,24)(H3,19,22,23)/t12-/m0/s1. The molecule has 1 atom stereocenters. The third-order valence-corrected chi connectivity index (χ3v) is 5.19. The largest absolute Gasteiger partial charge is 0.497 e. The molecule has 1 aromatic carbocycles. The van der Waals surface area contributed by atoms with E-state index < -0.39 is 12.1 Å². The average molecular weight is 390 g/mol. The predicted octanol–water partition coefficient (Wildman–Crippen LogP) is 2.75. The summed E-state index contributed by atoms with van der Waals surface area (Å²) in [6.45, 7) is 1.66. The Morgan fingerprint density at radius 2 is 2.19 bits per heavy atom. The quantitative estimate of drug-likeness (QED) is 0.627. The fourth-order valence-corrected chi connectivity index (χ4v) is 3.82. The van der Waals surface area contributed by atoms with Crippen LogP contribution < -0.4 is 31.2 Å². The van der Waals surface area contributed by atoms with E-state index >= 15 is 0 Å². The van der Waals surface area contributed by atoms with Gasteiger partial charge in [-0.25, -0.2) is 9.59 Å². The minimum atomic E-state index is -0.726. The number of carbonyl (C=O) groups is 2. The molecule has 0 saturated carbocycles. The molecule has 9 heteroatoms. The predicted molar refractivity (Wildman–Crippen MR) is 105 cm³/mol. The van der Waals surface area contributed by atoms with Crippen LogP contribution in [0.4, 0.5) is 14.6 Å². The van der Waals surface area contributed by atoms with Crippen molar-refractivity contribution in [1.29, 1.82) is 0 Å². The van der Waals surface area contributed by atoms with Crippen molar-refractivity contribution in [2.75, 3.05) is 25.5 Å². The molecule has 1 aliphatic heterocycles. The van der Waals surface area contributed by atoms with Crippen molar-refractivity contribution in [1.82, 2.24) is 10.6 Å². The molecular formula is C18H22N4O4S. The average Bonchev–Trinajstić information content (AvgIpc) is 3.04. The highest BCUT2D eigenvalue weighted by Crippen LogP contribution is 2.41. The van der Waals surface area contributed by atoms with Gasteiger partial charge in [-0.05, 0) is 37.1 Å². The Kier molecular flexibility index (Phi) is 6.15. The maximum atomic E-state index is 12.2. The summed E-state index contributed by atoms with van der Waals surface area (Å²) in [5.41, 5.74) is 6.11. The topological polar surface area (TPSA) is 115 Å². The molecule has 3 rings (SSSR count). The van der Waals surface area contributed by atoms with E-state index in [0.29, 0.717) is 17.3 Å². The zero-order valence-electron chi connectivity index (χ0n) is 14.9. The van der Waals surface area contributed by atoms with Crippen LogP contribution in [-0.2, 0) is 0 Å². The second kappa shape index (κ2) is 8.74. The smallest absolute Gasteiger partial charge is 0.412 e. The van der Waals surface area contributed by atoms with E-state index in [0.717, 1.165) is 29.8 Å². The van der Waals surface area contributed by atoms with Gasteiger partial charge in [0.25, 0.3) is 0 Å². The van der Waals surface area contributed by atoms with Gasteiger partial charge in [-0.3, -0.25) is 5.32 Å². The second-order valence-electron chi connectivity index (χ2n) is 6.10. The molecule has 0 aliphatic carbocycles. The Labute approximate surface area is 161 Å².